The van der Waals surface area contributed by atoms with Gasteiger partial charge in [-0.15, -0.1) is 11.3 Å². The second kappa shape index (κ2) is 10.3. The second-order valence-electron chi connectivity index (χ2n) is 8.39. The van der Waals surface area contributed by atoms with Crippen molar-refractivity contribution >= 4 is 22.5 Å². The van der Waals surface area contributed by atoms with E-state index in [1.54, 1.807) is 0 Å². The molecule has 1 aromatic carbocycles. The van der Waals surface area contributed by atoms with Gasteiger partial charge in [-0.1, -0.05) is 12.6 Å². The van der Waals surface area contributed by atoms with Crippen LogP contribution in [0.15, 0.2) is 51.4 Å². The average molecular weight is 534 g/mol. The normalized spacial score (nSPS) is 11.7. The molecule has 0 saturated carbocycles. The lowest BCUT2D eigenvalue weighted by molar-refractivity contribution is -0.141. The molecule has 0 radical (unpaired) electrons. The molecule has 196 valence electrons. The summed E-state index contributed by atoms with van der Waals surface area (Å²) in [4.78, 5) is 35.1. The van der Waals surface area contributed by atoms with Crippen LogP contribution in [-0.2, 0) is 20.1 Å². The Hall–Kier alpha value is -3.84. The van der Waals surface area contributed by atoms with Gasteiger partial charge in [0.05, 0.1) is 6.54 Å². The van der Waals surface area contributed by atoms with E-state index >= 15 is 0 Å². The van der Waals surface area contributed by atoms with E-state index in [4.69, 9.17) is 9.47 Å². The molecule has 0 amide bonds. The Labute approximate surface area is 213 Å². The standard InChI is InChI=1S/C24H25F2N5O5S/c1-14(2)24(25,26)36-17-8-5-7-16(11-17)35-22-28-20-19(31(22)12-18-27-15(3)13-37-18)21(33)30(9-6-10-32)23(34)29(20)4/h5,7-8,11,13,32H,1,6,9-10,12H2,2-4H3. The molecule has 0 atom stereocenters. The van der Waals surface area contributed by atoms with E-state index in [2.05, 4.69) is 16.5 Å². The number of thiazole rings is 1. The van der Waals surface area contributed by atoms with Crippen LogP contribution in [0.5, 0.6) is 17.5 Å². The molecule has 0 fully saturated rings. The number of aliphatic hydroxyl groups is 1. The van der Waals surface area contributed by atoms with E-state index in [0.29, 0.717) is 5.01 Å². The number of benzene rings is 1. The Kier molecular flexibility index (Phi) is 7.28. The first kappa shape index (κ1) is 26.2. The molecule has 1 N–H and O–H groups in total. The van der Waals surface area contributed by atoms with Crippen molar-refractivity contribution in [1.82, 2.24) is 23.7 Å². The average Bonchev–Trinajstić information content (AvgIpc) is 3.41. The third-order valence-corrected chi connectivity index (χ3v) is 6.41. The fourth-order valence-electron chi connectivity index (χ4n) is 3.55. The molecule has 0 aliphatic rings. The smallest absolute Gasteiger partial charge is 0.422 e. The molecule has 4 aromatic rings. The number of ether oxygens (including phenoxy) is 2. The van der Waals surface area contributed by atoms with Gasteiger partial charge in [-0.25, -0.2) is 9.78 Å². The first-order valence-electron chi connectivity index (χ1n) is 11.2. The van der Waals surface area contributed by atoms with Gasteiger partial charge in [-0.05, 0) is 32.4 Å². The van der Waals surface area contributed by atoms with Crippen LogP contribution < -0.4 is 20.7 Å². The summed E-state index contributed by atoms with van der Waals surface area (Å²) in [6.07, 6.45) is -3.36. The topological polar surface area (TPSA) is 113 Å². The maximum Gasteiger partial charge on any atom is 0.422 e. The molecular formula is C24H25F2N5O5S. The summed E-state index contributed by atoms with van der Waals surface area (Å²) in [6.45, 7) is 6.17. The molecule has 0 spiro atoms. The van der Waals surface area contributed by atoms with Gasteiger partial charge in [-0.2, -0.15) is 13.8 Å². The molecule has 4 rings (SSSR count). The third-order valence-electron chi connectivity index (χ3n) is 5.45. The van der Waals surface area contributed by atoms with Gasteiger partial charge in [0.1, 0.15) is 16.5 Å². The highest BCUT2D eigenvalue weighted by molar-refractivity contribution is 7.09. The van der Waals surface area contributed by atoms with Crippen molar-refractivity contribution in [3.05, 3.63) is 73.3 Å². The molecule has 3 heterocycles. The molecule has 0 bridgehead atoms. The van der Waals surface area contributed by atoms with E-state index in [1.165, 1.54) is 51.8 Å². The monoisotopic (exact) mass is 533 g/mol. The number of hydrogen-bond acceptors (Lipinski definition) is 8. The summed E-state index contributed by atoms with van der Waals surface area (Å²) < 4.78 is 42.5. The second-order valence-corrected chi connectivity index (χ2v) is 9.33. The number of alkyl halides is 2. The van der Waals surface area contributed by atoms with Crippen molar-refractivity contribution < 1.29 is 23.4 Å². The summed E-state index contributed by atoms with van der Waals surface area (Å²) in [6, 6.07) is 5.54. The lowest BCUT2D eigenvalue weighted by atomic mass is 10.3. The van der Waals surface area contributed by atoms with Crippen molar-refractivity contribution in [2.24, 2.45) is 7.05 Å². The highest BCUT2D eigenvalue weighted by Gasteiger charge is 2.33. The zero-order chi connectivity index (χ0) is 26.9. The summed E-state index contributed by atoms with van der Waals surface area (Å²) in [5.74, 6) is -0.0463. The highest BCUT2D eigenvalue weighted by Crippen LogP contribution is 2.32. The summed E-state index contributed by atoms with van der Waals surface area (Å²) in [5, 5.41) is 11.7. The SMILES string of the molecule is C=C(C)C(F)(F)Oc1cccc(Oc2nc3c(c(=O)n(CCCO)c(=O)n3C)n2Cc2nc(C)cs2)c1. The van der Waals surface area contributed by atoms with Crippen LogP contribution in [0.25, 0.3) is 11.2 Å². The minimum absolute atomic E-state index is 0.0198. The molecule has 10 nitrogen and oxygen atoms in total. The van der Waals surface area contributed by atoms with Gasteiger partial charge in [0.15, 0.2) is 11.2 Å². The lowest BCUT2D eigenvalue weighted by Crippen LogP contribution is -2.39. The largest absolute Gasteiger partial charge is 0.429 e. The maximum absolute atomic E-state index is 14.0. The van der Waals surface area contributed by atoms with Crippen molar-refractivity contribution in [3.63, 3.8) is 0 Å². The fourth-order valence-corrected chi connectivity index (χ4v) is 4.31. The number of imidazole rings is 1. The molecule has 0 aliphatic heterocycles. The Morgan fingerprint density at radius 3 is 2.59 bits per heavy atom. The number of fused-ring (bicyclic) bond motifs is 1. The van der Waals surface area contributed by atoms with Crippen molar-refractivity contribution in [2.45, 2.75) is 39.5 Å². The minimum atomic E-state index is -3.58. The van der Waals surface area contributed by atoms with Gasteiger partial charge in [0.2, 0.25) is 0 Å². The van der Waals surface area contributed by atoms with Crippen LogP contribution >= 0.6 is 11.3 Å². The molecule has 3 aromatic heterocycles. The van der Waals surface area contributed by atoms with Crippen molar-refractivity contribution in [1.29, 1.82) is 0 Å². The van der Waals surface area contributed by atoms with Crippen LogP contribution in [0.2, 0.25) is 0 Å². The molecule has 0 unspecified atom stereocenters. The van der Waals surface area contributed by atoms with Crippen molar-refractivity contribution in [3.8, 4) is 17.5 Å². The van der Waals surface area contributed by atoms with E-state index < -0.39 is 22.9 Å². The molecule has 37 heavy (non-hydrogen) atoms. The predicted molar refractivity (Wildman–Crippen MR) is 134 cm³/mol. The number of halogens is 2. The predicted octanol–water partition coefficient (Wildman–Crippen LogP) is 3.43. The molecule has 0 aliphatic carbocycles. The number of nitrogens with zero attached hydrogens (tertiary/aromatic N) is 5. The summed E-state index contributed by atoms with van der Waals surface area (Å²) in [5.41, 5.74) is -0.672. The van der Waals surface area contributed by atoms with Crippen LogP contribution in [0.1, 0.15) is 24.0 Å². The Bertz CT molecular complexity index is 1590. The van der Waals surface area contributed by atoms with Gasteiger partial charge >= 0.3 is 17.8 Å². The Morgan fingerprint density at radius 1 is 1.22 bits per heavy atom. The van der Waals surface area contributed by atoms with E-state index in [1.807, 2.05) is 12.3 Å². The van der Waals surface area contributed by atoms with Gasteiger partial charge < -0.3 is 14.6 Å². The van der Waals surface area contributed by atoms with Gasteiger partial charge in [0, 0.05) is 42.9 Å². The maximum atomic E-state index is 14.0. The van der Waals surface area contributed by atoms with Crippen LogP contribution in [0.4, 0.5) is 8.78 Å². The lowest BCUT2D eigenvalue weighted by Gasteiger charge is -2.18. The number of rotatable bonds is 10. The zero-order valence-electron chi connectivity index (χ0n) is 20.4. The van der Waals surface area contributed by atoms with E-state index in [0.717, 1.165) is 17.2 Å². The van der Waals surface area contributed by atoms with Crippen molar-refractivity contribution in [2.75, 3.05) is 6.61 Å². The molecular weight excluding hydrogens is 508 g/mol. The number of hydrogen-bond donors (Lipinski definition) is 1. The first-order chi connectivity index (χ1) is 17.5. The minimum Gasteiger partial charge on any atom is -0.429 e. The number of aryl methyl sites for hydroxylation is 2. The quantitative estimate of drug-likeness (QED) is 0.311. The van der Waals surface area contributed by atoms with Gasteiger partial charge in [-0.3, -0.25) is 18.5 Å². The van der Waals surface area contributed by atoms with E-state index in [9.17, 15) is 23.5 Å². The molecule has 13 heteroatoms. The van der Waals surface area contributed by atoms with Crippen LogP contribution in [0.3, 0.4) is 0 Å². The third kappa shape index (κ3) is 5.32. The summed E-state index contributed by atoms with van der Waals surface area (Å²) >= 11 is 1.38. The molecule has 0 saturated heterocycles. The van der Waals surface area contributed by atoms with Crippen LogP contribution in [-0.4, -0.2) is 41.5 Å². The van der Waals surface area contributed by atoms with E-state index in [-0.39, 0.29) is 54.8 Å². The summed E-state index contributed by atoms with van der Waals surface area (Å²) in [7, 11) is 1.47. The zero-order valence-corrected chi connectivity index (χ0v) is 21.2. The number of aliphatic hydroxyl groups excluding tert-OH is 1. The Morgan fingerprint density at radius 2 is 1.95 bits per heavy atom. The fraction of sp³-hybridized carbons (Fsp3) is 0.333. The first-order valence-corrected chi connectivity index (χ1v) is 12.1. The van der Waals surface area contributed by atoms with Crippen LogP contribution in [0, 0.1) is 6.92 Å². The Balaban J connectivity index is 1.84. The highest BCUT2D eigenvalue weighted by atomic mass is 32.1. The number of aromatic nitrogens is 5. The van der Waals surface area contributed by atoms with Gasteiger partial charge in [0.25, 0.3) is 5.56 Å².